The van der Waals surface area contributed by atoms with Crippen LogP contribution in [0.15, 0.2) is 12.7 Å². The molecule has 7 atom stereocenters. The quantitative estimate of drug-likeness (QED) is 0.0496. The zero-order valence-corrected chi connectivity index (χ0v) is 34.8. The van der Waals surface area contributed by atoms with Gasteiger partial charge in [0.2, 0.25) is 11.8 Å². The van der Waals surface area contributed by atoms with Crippen molar-refractivity contribution in [1.29, 1.82) is 0 Å². The summed E-state index contributed by atoms with van der Waals surface area (Å²) in [6.45, 7) is 2.67. The van der Waals surface area contributed by atoms with E-state index in [2.05, 4.69) is 41.3 Å². The maximum Gasteiger partial charge on any atom is 0.481 e. The number of nitrogen functional groups attached to an aromatic ring is 1. The van der Waals surface area contributed by atoms with E-state index >= 15 is 0 Å². The Morgan fingerprint density at radius 3 is 2.37 bits per heavy atom. The van der Waals surface area contributed by atoms with Crippen molar-refractivity contribution in [1.82, 2.24) is 30.2 Å². The van der Waals surface area contributed by atoms with E-state index in [1.165, 1.54) is 13.8 Å². The first kappa shape index (κ1) is 48.9. The number of phosphoric ester groups is 3. The van der Waals surface area contributed by atoms with Crippen molar-refractivity contribution in [3.8, 4) is 0 Å². The molecule has 57 heavy (non-hydrogen) atoms. The number of nitrogens with two attached hydrogens (primary N) is 1. The Labute approximate surface area is 331 Å². The van der Waals surface area contributed by atoms with Gasteiger partial charge in [0, 0.05) is 37.1 Å². The number of hydrogen-bond donors (Lipinski definition) is 9. The number of amides is 2. The third kappa shape index (κ3) is 15.9. The Morgan fingerprint density at radius 2 is 1.68 bits per heavy atom. The van der Waals surface area contributed by atoms with Gasteiger partial charge in [0.25, 0.3) is 0 Å². The fourth-order valence-corrected chi connectivity index (χ4v) is 8.79. The molecule has 1 aliphatic heterocycles. The second kappa shape index (κ2) is 21.7. The number of rotatable bonds is 25. The van der Waals surface area contributed by atoms with Gasteiger partial charge < -0.3 is 50.9 Å². The Bertz CT molecular complexity index is 1820. The van der Waals surface area contributed by atoms with Gasteiger partial charge in [-0.1, -0.05) is 58.2 Å². The second-order valence-corrected chi connectivity index (χ2v) is 18.8. The molecular weight excluding hydrogens is 843 g/mol. The lowest BCUT2D eigenvalue weighted by Crippen LogP contribution is -2.46. The van der Waals surface area contributed by atoms with E-state index < -0.39 is 84.6 Å². The number of anilines is 1. The Balaban J connectivity index is 1.45. The van der Waals surface area contributed by atoms with Crippen molar-refractivity contribution in [3.05, 3.63) is 12.7 Å². The number of hydrogen-bond acceptors (Lipinski definition) is 18. The van der Waals surface area contributed by atoms with Crippen LogP contribution in [0.4, 0.5) is 5.82 Å². The third-order valence-electron chi connectivity index (χ3n) is 8.25. The molecule has 0 radical (unpaired) electrons. The number of phosphoric acid groups is 3. The Kier molecular flexibility index (Phi) is 18.6. The number of aliphatic hydroxyl groups excluding tert-OH is 2. The lowest BCUT2D eigenvalue weighted by atomic mass is 9.87. The van der Waals surface area contributed by atoms with Crippen LogP contribution in [0.1, 0.15) is 71.9 Å². The summed E-state index contributed by atoms with van der Waals surface area (Å²) in [4.78, 5) is 87.6. The number of ether oxygens (including phenoxy) is 1. The molecule has 1 fully saturated rings. The predicted octanol–water partition coefficient (Wildman–Crippen LogP) is 1.03. The summed E-state index contributed by atoms with van der Waals surface area (Å²) >= 11 is 1.13. The molecule has 3 heterocycles. The molecule has 0 aromatic carbocycles. The van der Waals surface area contributed by atoms with Crippen LogP contribution in [-0.4, -0.2) is 123 Å². The summed E-state index contributed by atoms with van der Waals surface area (Å²) in [6, 6.07) is 0. The van der Waals surface area contributed by atoms with Gasteiger partial charge in [0.15, 0.2) is 22.8 Å². The highest BCUT2D eigenvalue weighted by atomic mass is 32.2. The maximum absolute atomic E-state index is 12.7. The van der Waals surface area contributed by atoms with E-state index in [1.54, 1.807) is 0 Å². The molecule has 1 saturated heterocycles. The highest BCUT2D eigenvalue weighted by Crippen LogP contribution is 2.61. The summed E-state index contributed by atoms with van der Waals surface area (Å²) in [7, 11) is -16.4. The van der Waals surface area contributed by atoms with Crippen molar-refractivity contribution in [3.63, 3.8) is 0 Å². The van der Waals surface area contributed by atoms with E-state index in [1.807, 2.05) is 0 Å². The third-order valence-corrected chi connectivity index (χ3v) is 12.3. The molecular formula is C29H50N7O17P3S. The van der Waals surface area contributed by atoms with Gasteiger partial charge >= 0.3 is 23.5 Å². The summed E-state index contributed by atoms with van der Waals surface area (Å²) in [5, 5.41) is 26.5. The zero-order chi connectivity index (χ0) is 42.6. The van der Waals surface area contributed by atoms with Gasteiger partial charge in [-0.3, -0.25) is 32.5 Å². The van der Waals surface area contributed by atoms with Crippen LogP contribution >= 0.6 is 35.2 Å². The topological polar surface area (TPSA) is 364 Å². The number of nitrogens with one attached hydrogen (secondary N) is 2. The summed E-state index contributed by atoms with van der Waals surface area (Å²) < 4.78 is 62.1. The van der Waals surface area contributed by atoms with Crippen molar-refractivity contribution in [2.45, 2.75) is 96.4 Å². The molecule has 2 aromatic heterocycles. The molecule has 0 saturated carbocycles. The number of thioether (sulfide) groups is 1. The second-order valence-electron chi connectivity index (χ2n) is 13.5. The first-order valence-corrected chi connectivity index (χ1v) is 23.1. The lowest BCUT2D eigenvalue weighted by Gasteiger charge is -2.30. The largest absolute Gasteiger partial charge is 0.481 e. The molecule has 0 aliphatic carbocycles. The number of carbonyl (C=O) groups excluding carboxylic acids is 3. The first-order chi connectivity index (χ1) is 26.6. The smallest absolute Gasteiger partial charge is 0.386 e. The molecule has 0 bridgehead atoms. The van der Waals surface area contributed by atoms with Crippen LogP contribution in [0, 0.1) is 5.41 Å². The molecule has 1 aliphatic rings. The van der Waals surface area contributed by atoms with Crippen molar-refractivity contribution < 1.29 is 80.5 Å². The van der Waals surface area contributed by atoms with Crippen molar-refractivity contribution in [2.75, 3.05) is 37.8 Å². The standard InChI is InChI=1S/C29H50N7O17P3S/c1-4-5-6-7-8-9-20(38)57-13-12-31-19(37)10-11-32-27(41)24(40)29(2,3)15-50-56(47,48)53-55(45,46)49-14-18-23(52-54(42,43)44)22(39)28(51-18)36-17-35-21-25(30)33-16-34-26(21)36/h16-18,22-24,28,39-40H,4-15H2,1-3H3,(H,31,37)(H,32,41)(H,45,46)(H,47,48)(H2,30,33,34)(H2,42,43,44)/t18-,22-,23+,24+,28-/m0/s1. The number of fused-ring (bicyclic) bond motifs is 1. The van der Waals surface area contributed by atoms with Crippen LogP contribution < -0.4 is 16.4 Å². The average Bonchev–Trinajstić information content (AvgIpc) is 3.68. The maximum atomic E-state index is 12.7. The van der Waals surface area contributed by atoms with Crippen LogP contribution in [-0.2, 0) is 50.7 Å². The molecule has 2 aromatic rings. The molecule has 2 unspecified atom stereocenters. The van der Waals surface area contributed by atoms with Gasteiger partial charge in [-0.05, 0) is 6.42 Å². The first-order valence-electron chi connectivity index (χ1n) is 17.6. The summed E-state index contributed by atoms with van der Waals surface area (Å²) in [5.41, 5.74) is 4.27. The predicted molar refractivity (Wildman–Crippen MR) is 200 cm³/mol. The van der Waals surface area contributed by atoms with Gasteiger partial charge in [0.1, 0.15) is 36.3 Å². The Hall–Kier alpha value is -2.44. The van der Waals surface area contributed by atoms with E-state index in [9.17, 15) is 57.9 Å². The van der Waals surface area contributed by atoms with Crippen molar-refractivity contribution in [2.24, 2.45) is 5.41 Å². The minimum Gasteiger partial charge on any atom is -0.386 e. The molecule has 24 nitrogen and oxygen atoms in total. The minimum atomic E-state index is -5.57. The lowest BCUT2D eigenvalue weighted by molar-refractivity contribution is -0.137. The zero-order valence-electron chi connectivity index (χ0n) is 31.3. The molecule has 324 valence electrons. The molecule has 10 N–H and O–H groups in total. The number of unbranched alkanes of at least 4 members (excludes halogenated alkanes) is 4. The fourth-order valence-electron chi connectivity index (χ4n) is 5.24. The number of imidazole rings is 1. The highest BCUT2D eigenvalue weighted by molar-refractivity contribution is 8.13. The van der Waals surface area contributed by atoms with E-state index in [4.69, 9.17) is 19.5 Å². The molecule has 28 heteroatoms. The van der Waals surface area contributed by atoms with Crippen LogP contribution in [0.25, 0.3) is 11.2 Å². The van der Waals surface area contributed by atoms with Gasteiger partial charge in [-0.15, -0.1) is 0 Å². The van der Waals surface area contributed by atoms with Crippen LogP contribution in [0.5, 0.6) is 0 Å². The van der Waals surface area contributed by atoms with Crippen LogP contribution in [0.3, 0.4) is 0 Å². The van der Waals surface area contributed by atoms with E-state index in [0.717, 1.165) is 61.1 Å². The SMILES string of the molecule is CCCCCCCC(=O)SCCNC(=O)CCNC(=O)[C@@H](O)C(C)(C)COP(=O)(O)OP(=O)(O)OC[C@@H]1O[C@H](n2cnc3c(N)ncnc32)[C@@H](O)[C@@H]1OP(=O)(O)O. The van der Waals surface area contributed by atoms with E-state index in [0.29, 0.717) is 12.2 Å². The molecule has 3 rings (SSSR count). The normalized spacial score (nSPS) is 21.5. The molecule has 0 spiro atoms. The molecule has 2 amide bonds. The number of aromatic nitrogens is 4. The average molecular weight is 894 g/mol. The number of aliphatic hydroxyl groups is 2. The van der Waals surface area contributed by atoms with Gasteiger partial charge in [0.05, 0.1) is 19.5 Å². The highest BCUT2D eigenvalue weighted by Gasteiger charge is 2.50. The minimum absolute atomic E-state index is 0.0325. The fraction of sp³-hybridized carbons (Fsp3) is 0.724. The number of nitrogens with zero attached hydrogens (tertiary/aromatic N) is 4. The van der Waals surface area contributed by atoms with Crippen LogP contribution in [0.2, 0.25) is 0 Å². The summed E-state index contributed by atoms with van der Waals surface area (Å²) in [6.07, 6.45) is -1.22. The van der Waals surface area contributed by atoms with E-state index in [-0.39, 0.29) is 41.6 Å². The number of carbonyl (C=O) groups is 3. The Morgan fingerprint density at radius 1 is 1.00 bits per heavy atom. The van der Waals surface area contributed by atoms with Gasteiger partial charge in [-0.2, -0.15) is 4.31 Å². The van der Waals surface area contributed by atoms with Gasteiger partial charge in [-0.25, -0.2) is 28.6 Å². The van der Waals surface area contributed by atoms with Crippen molar-refractivity contribution >= 4 is 69.1 Å². The monoisotopic (exact) mass is 893 g/mol. The summed E-state index contributed by atoms with van der Waals surface area (Å²) in [5.74, 6) is -1.03.